The van der Waals surface area contributed by atoms with Crippen molar-refractivity contribution < 1.29 is 37.1 Å². The van der Waals surface area contributed by atoms with E-state index in [-0.39, 0.29) is 53.2 Å². The second kappa shape index (κ2) is 10.6. The summed E-state index contributed by atoms with van der Waals surface area (Å²) in [6, 6.07) is 7.76. The van der Waals surface area contributed by atoms with Crippen molar-refractivity contribution in [3.05, 3.63) is 36.7 Å². The lowest BCUT2D eigenvalue weighted by Crippen LogP contribution is -2.70. The average Bonchev–Trinajstić information content (AvgIpc) is 3.19. The minimum Gasteiger partial charge on any atom is -0.481 e. The number of fused-ring (bicyclic) bond motifs is 2. The zero-order valence-electron chi connectivity index (χ0n) is 23.8. The van der Waals surface area contributed by atoms with E-state index < -0.39 is 34.0 Å². The zero-order valence-corrected chi connectivity index (χ0v) is 24.6. The van der Waals surface area contributed by atoms with Gasteiger partial charge in [-0.2, -0.15) is 0 Å². The van der Waals surface area contributed by atoms with Crippen LogP contribution in [0.1, 0.15) is 46.5 Å². The molecule has 1 aromatic carbocycles. The number of nitrogens with two attached hydrogens (primary N) is 1. The van der Waals surface area contributed by atoms with Crippen LogP contribution in [0.5, 0.6) is 5.88 Å². The Bertz CT molecular complexity index is 1380. The Hall–Kier alpha value is -2.55. The molecule has 4 saturated heterocycles. The van der Waals surface area contributed by atoms with E-state index in [4.69, 9.17) is 34.5 Å². The molecule has 1 aromatic heterocycles. The maximum atomic E-state index is 13.8. The summed E-state index contributed by atoms with van der Waals surface area (Å²) in [5.74, 6) is 0.189. The van der Waals surface area contributed by atoms with Gasteiger partial charge in [0.1, 0.15) is 17.0 Å². The minimum atomic E-state index is -4.11. The first kappa shape index (κ1) is 28.6. The molecule has 12 nitrogen and oxygen atoms in total. The van der Waals surface area contributed by atoms with Gasteiger partial charge in [-0.05, 0) is 50.2 Å². The van der Waals surface area contributed by atoms with Gasteiger partial charge in [0.2, 0.25) is 11.7 Å². The molecule has 5 heterocycles. The van der Waals surface area contributed by atoms with E-state index in [0.717, 1.165) is 23.6 Å². The Kier molecular flexibility index (Phi) is 7.40. The second-order valence-electron chi connectivity index (χ2n) is 11.7. The van der Waals surface area contributed by atoms with E-state index in [0.29, 0.717) is 12.3 Å². The van der Waals surface area contributed by atoms with Crippen LogP contribution < -0.4 is 14.8 Å². The number of rotatable bonds is 8. The van der Waals surface area contributed by atoms with Gasteiger partial charge in [-0.25, -0.2) is 32.5 Å². The monoisotopic (exact) mass is 590 g/mol. The van der Waals surface area contributed by atoms with Crippen LogP contribution in [-0.2, 0) is 34.0 Å². The van der Waals surface area contributed by atoms with E-state index in [1.807, 2.05) is 6.92 Å². The van der Waals surface area contributed by atoms with E-state index >= 15 is 0 Å². The standard InChI is InChI=1S/C28H38N4O8S/c1-17-9-10-20-18(2)25(37-26-28(20)19(17)11-12-27(3,38-26)39-40-28)36-14-13-32(23-15-24(35-4)31-16-30-23)41(33,34)22-8-6-5-7-21(22)29/h5-8,15-20,25-26H,9-14,29H2,1-4H3/t17-,18-,19?,20+,25+,26-,27-,28-/m1/s1. The van der Waals surface area contributed by atoms with Gasteiger partial charge >= 0.3 is 0 Å². The molecule has 0 amide bonds. The molecule has 224 valence electrons. The third-order valence-corrected chi connectivity index (χ3v) is 11.1. The molecule has 8 atom stereocenters. The van der Waals surface area contributed by atoms with Crippen molar-refractivity contribution >= 4 is 21.5 Å². The Morgan fingerprint density at radius 3 is 2.71 bits per heavy atom. The highest BCUT2D eigenvalue weighted by Gasteiger charge is 2.69. The summed E-state index contributed by atoms with van der Waals surface area (Å²) < 4.78 is 53.2. The van der Waals surface area contributed by atoms with E-state index in [9.17, 15) is 8.42 Å². The summed E-state index contributed by atoms with van der Waals surface area (Å²) in [5, 5.41) is 0. The van der Waals surface area contributed by atoms with E-state index in [2.05, 4.69) is 23.8 Å². The molecule has 13 heteroatoms. The van der Waals surface area contributed by atoms with Gasteiger partial charge in [-0.15, -0.1) is 0 Å². The van der Waals surface area contributed by atoms with Gasteiger partial charge in [0.15, 0.2) is 18.2 Å². The van der Waals surface area contributed by atoms with Crippen LogP contribution in [-0.4, -0.2) is 62.6 Å². The van der Waals surface area contributed by atoms with E-state index in [1.165, 1.54) is 25.6 Å². The number of nitrogens with zero attached hydrogens (tertiary/aromatic N) is 3. The van der Waals surface area contributed by atoms with Crippen molar-refractivity contribution in [2.24, 2.45) is 23.7 Å². The minimum absolute atomic E-state index is 0.0220. The van der Waals surface area contributed by atoms with Crippen LogP contribution in [0.25, 0.3) is 0 Å². The lowest BCUT2D eigenvalue weighted by molar-refractivity contribution is -0.577. The van der Waals surface area contributed by atoms with Gasteiger partial charge < -0.3 is 24.7 Å². The zero-order chi connectivity index (χ0) is 29.0. The third-order valence-electron chi connectivity index (χ3n) is 9.25. The summed E-state index contributed by atoms with van der Waals surface area (Å²) in [5.41, 5.74) is 5.49. The largest absolute Gasteiger partial charge is 0.481 e. The average molecular weight is 591 g/mol. The molecule has 1 spiro atoms. The summed E-state index contributed by atoms with van der Waals surface area (Å²) in [7, 11) is -2.66. The number of benzene rings is 1. The van der Waals surface area contributed by atoms with E-state index in [1.54, 1.807) is 18.2 Å². The highest BCUT2D eigenvalue weighted by molar-refractivity contribution is 7.93. The van der Waals surface area contributed by atoms with Crippen LogP contribution in [0, 0.1) is 23.7 Å². The molecule has 2 aromatic rings. The van der Waals surface area contributed by atoms with Crippen LogP contribution in [0.3, 0.4) is 0 Å². The lowest BCUT2D eigenvalue weighted by Gasteiger charge is -2.60. The number of aromatic nitrogens is 2. The predicted octanol–water partition coefficient (Wildman–Crippen LogP) is 3.49. The highest BCUT2D eigenvalue weighted by Crippen LogP contribution is 2.60. The summed E-state index contributed by atoms with van der Waals surface area (Å²) in [4.78, 5) is 20.3. The normalized spacial score (nSPS) is 36.3. The van der Waals surface area contributed by atoms with Crippen molar-refractivity contribution in [2.45, 2.75) is 75.3 Å². The number of methoxy groups -OCH3 is 1. The molecule has 0 radical (unpaired) electrons. The van der Waals surface area contributed by atoms with Gasteiger partial charge in [0.05, 0.1) is 25.9 Å². The molecule has 2 bridgehead atoms. The van der Waals surface area contributed by atoms with Crippen molar-refractivity contribution in [3.63, 3.8) is 0 Å². The molecular formula is C28H38N4O8S. The summed E-state index contributed by atoms with van der Waals surface area (Å²) in [6.45, 7) is 6.20. The molecule has 1 saturated carbocycles. The summed E-state index contributed by atoms with van der Waals surface area (Å²) in [6.07, 6.45) is 3.61. The van der Waals surface area contributed by atoms with Crippen molar-refractivity contribution in [3.8, 4) is 5.88 Å². The fourth-order valence-corrected chi connectivity index (χ4v) is 8.60. The quantitative estimate of drug-likeness (QED) is 0.356. The number of para-hydroxylation sites is 1. The van der Waals surface area contributed by atoms with Gasteiger partial charge in [-0.1, -0.05) is 26.0 Å². The van der Waals surface area contributed by atoms with Crippen LogP contribution in [0.4, 0.5) is 11.5 Å². The first-order valence-corrected chi connectivity index (χ1v) is 15.6. The molecule has 5 aliphatic rings. The van der Waals surface area contributed by atoms with Gasteiger partial charge in [0.25, 0.3) is 10.0 Å². The van der Waals surface area contributed by atoms with Crippen molar-refractivity contribution in [2.75, 3.05) is 30.3 Å². The number of sulfonamides is 1. The molecule has 1 aliphatic carbocycles. The number of hydrogen-bond acceptors (Lipinski definition) is 11. The number of anilines is 2. The second-order valence-corrected chi connectivity index (χ2v) is 13.5. The maximum absolute atomic E-state index is 13.8. The smallest absolute Gasteiger partial charge is 0.267 e. The molecule has 1 unspecified atom stereocenters. The molecule has 4 aliphatic heterocycles. The maximum Gasteiger partial charge on any atom is 0.267 e. The van der Waals surface area contributed by atoms with Crippen molar-refractivity contribution in [1.82, 2.24) is 9.97 Å². The fourth-order valence-electron chi connectivity index (χ4n) is 7.08. The summed E-state index contributed by atoms with van der Waals surface area (Å²) >= 11 is 0. The highest BCUT2D eigenvalue weighted by atomic mass is 32.2. The van der Waals surface area contributed by atoms with Crippen molar-refractivity contribution in [1.29, 1.82) is 0 Å². The van der Waals surface area contributed by atoms with Crippen LogP contribution in [0.15, 0.2) is 41.6 Å². The van der Waals surface area contributed by atoms with Gasteiger partial charge in [0, 0.05) is 24.3 Å². The lowest BCUT2D eigenvalue weighted by atomic mass is 9.58. The molecule has 7 rings (SSSR count). The van der Waals surface area contributed by atoms with Crippen LogP contribution >= 0.6 is 0 Å². The SMILES string of the molecule is COc1cc(N(CCO[C@H]2O[C@@H]3O[C@@]4(C)CCC5[C@H](C)CC[C@@H]([C@H]2C)[C@]53OO4)S(=O)(=O)c2ccccc2N)ncn1. The Balaban J connectivity index is 1.25. The predicted molar refractivity (Wildman–Crippen MR) is 147 cm³/mol. The first-order chi connectivity index (χ1) is 19.6. The molecule has 41 heavy (non-hydrogen) atoms. The Morgan fingerprint density at radius 2 is 1.93 bits per heavy atom. The number of hydrogen-bond donors (Lipinski definition) is 1. The number of ether oxygens (including phenoxy) is 4. The third kappa shape index (κ3) is 4.76. The molecule has 5 fully saturated rings. The molecular weight excluding hydrogens is 552 g/mol. The Morgan fingerprint density at radius 1 is 1.12 bits per heavy atom. The Labute approximate surface area is 240 Å². The topological polar surface area (TPSA) is 145 Å². The first-order valence-electron chi connectivity index (χ1n) is 14.1. The fraction of sp³-hybridized carbons (Fsp3) is 0.643. The van der Waals surface area contributed by atoms with Gasteiger partial charge in [-0.3, -0.25) is 0 Å². The van der Waals surface area contributed by atoms with Crippen LogP contribution in [0.2, 0.25) is 0 Å². The molecule has 2 N–H and O–H groups in total. The number of nitrogen functional groups attached to an aromatic ring is 1.